The van der Waals surface area contributed by atoms with Crippen molar-refractivity contribution in [3.05, 3.63) is 17.3 Å². The average molecular weight is 399 g/mol. The van der Waals surface area contributed by atoms with Crippen molar-refractivity contribution in [2.45, 2.75) is 51.9 Å². The van der Waals surface area contributed by atoms with E-state index in [1.165, 1.54) is 0 Å². The number of amides is 1. The van der Waals surface area contributed by atoms with Crippen LogP contribution in [0.3, 0.4) is 0 Å². The maximum absolute atomic E-state index is 13.7. The van der Waals surface area contributed by atoms with Gasteiger partial charge in [0.25, 0.3) is 0 Å². The van der Waals surface area contributed by atoms with Gasteiger partial charge < -0.3 is 19.4 Å². The minimum atomic E-state index is -0.821. The molecular formula is C19H28ClFN4O2. The summed E-state index contributed by atoms with van der Waals surface area (Å²) in [5, 5.41) is 0.538. The van der Waals surface area contributed by atoms with Gasteiger partial charge in [-0.1, -0.05) is 11.6 Å². The molecule has 0 N–H and O–H groups in total. The van der Waals surface area contributed by atoms with Gasteiger partial charge >= 0.3 is 6.09 Å². The number of hydrogen-bond donors (Lipinski definition) is 0. The summed E-state index contributed by atoms with van der Waals surface area (Å²) in [5.74, 6) is 0.796. The second-order valence-electron chi connectivity index (χ2n) is 8.30. The van der Waals surface area contributed by atoms with E-state index in [1.807, 2.05) is 31.7 Å². The molecule has 8 heteroatoms. The zero-order valence-corrected chi connectivity index (χ0v) is 17.2. The van der Waals surface area contributed by atoms with Crippen LogP contribution in [-0.2, 0) is 4.74 Å². The third-order valence-electron chi connectivity index (χ3n) is 4.84. The quantitative estimate of drug-likeness (QED) is 0.759. The first-order valence-electron chi connectivity index (χ1n) is 9.43. The van der Waals surface area contributed by atoms with Crippen LogP contribution in [0.15, 0.2) is 12.3 Å². The van der Waals surface area contributed by atoms with Crippen molar-refractivity contribution >= 4 is 29.2 Å². The highest BCUT2D eigenvalue weighted by Gasteiger charge is 2.33. The largest absolute Gasteiger partial charge is 0.444 e. The van der Waals surface area contributed by atoms with E-state index >= 15 is 0 Å². The molecule has 2 atom stereocenters. The first-order chi connectivity index (χ1) is 12.6. The van der Waals surface area contributed by atoms with Crippen LogP contribution in [0, 0.1) is 0 Å². The highest BCUT2D eigenvalue weighted by molar-refractivity contribution is 6.30. The van der Waals surface area contributed by atoms with E-state index in [4.69, 9.17) is 16.3 Å². The lowest BCUT2D eigenvalue weighted by Gasteiger charge is -2.42. The van der Waals surface area contributed by atoms with Gasteiger partial charge in [0.2, 0.25) is 0 Å². The van der Waals surface area contributed by atoms with Crippen molar-refractivity contribution in [3.8, 4) is 0 Å². The molecule has 2 fully saturated rings. The molecule has 0 saturated carbocycles. The van der Waals surface area contributed by atoms with Crippen LogP contribution in [0.2, 0.25) is 5.02 Å². The second-order valence-corrected chi connectivity index (χ2v) is 8.73. The topological polar surface area (TPSA) is 48.9 Å². The number of piperazine rings is 1. The van der Waals surface area contributed by atoms with Gasteiger partial charge in [0.05, 0.1) is 10.7 Å². The van der Waals surface area contributed by atoms with E-state index < -0.39 is 11.8 Å². The van der Waals surface area contributed by atoms with Crippen molar-refractivity contribution in [2.24, 2.45) is 0 Å². The molecule has 0 aromatic carbocycles. The summed E-state index contributed by atoms with van der Waals surface area (Å²) in [6.45, 7) is 10.4. The second kappa shape index (κ2) is 7.70. The third-order valence-corrected chi connectivity index (χ3v) is 5.04. The van der Waals surface area contributed by atoms with Crippen LogP contribution >= 0.6 is 11.6 Å². The summed E-state index contributed by atoms with van der Waals surface area (Å²) >= 11 is 6.16. The Hall–Kier alpha value is -1.76. The number of carbonyl (C=O) groups is 1. The van der Waals surface area contributed by atoms with Gasteiger partial charge in [-0.2, -0.15) is 0 Å². The standard InChI is InChI=1S/C19H28ClFN4O2/c1-13-11-24(18(26)27-19(2,3)4)7-8-25(13)17-16(9-14(20)10-22-17)23-6-5-15(21)12-23/h9-10,13,15H,5-8,11-12H2,1-4H3/t13-,15-/m0/s1. The van der Waals surface area contributed by atoms with Crippen molar-refractivity contribution in [1.82, 2.24) is 9.88 Å². The molecule has 150 valence electrons. The van der Waals surface area contributed by atoms with Crippen LogP contribution < -0.4 is 9.80 Å². The number of anilines is 2. The zero-order valence-electron chi connectivity index (χ0n) is 16.4. The maximum atomic E-state index is 13.7. The number of halogens is 2. The first kappa shape index (κ1) is 20.0. The molecule has 2 aliphatic rings. The van der Waals surface area contributed by atoms with Crippen LogP contribution in [0.1, 0.15) is 34.1 Å². The molecule has 2 aliphatic heterocycles. The predicted octanol–water partition coefficient (Wildman–Crippen LogP) is 3.73. The molecule has 0 bridgehead atoms. The summed E-state index contributed by atoms with van der Waals surface area (Å²) in [5.41, 5.74) is 0.348. The van der Waals surface area contributed by atoms with Crippen molar-refractivity contribution in [1.29, 1.82) is 0 Å². The molecule has 6 nitrogen and oxygen atoms in total. The minimum absolute atomic E-state index is 0.0578. The summed E-state index contributed by atoms with van der Waals surface area (Å²) < 4.78 is 19.2. The molecule has 1 amide bonds. The Morgan fingerprint density at radius 2 is 2.04 bits per heavy atom. The van der Waals surface area contributed by atoms with Crippen LogP contribution in [0.4, 0.5) is 20.7 Å². The van der Waals surface area contributed by atoms with Gasteiger partial charge in [-0.3, -0.25) is 0 Å². The Morgan fingerprint density at radius 3 is 2.63 bits per heavy atom. The fraction of sp³-hybridized carbons (Fsp3) is 0.684. The molecule has 1 aromatic rings. The normalized spacial score (nSPS) is 23.7. The SMILES string of the molecule is C[C@H]1CN(C(=O)OC(C)(C)C)CCN1c1ncc(Cl)cc1N1CC[C@H](F)C1. The van der Waals surface area contributed by atoms with Crippen LogP contribution in [-0.4, -0.2) is 66.5 Å². The number of hydrogen-bond acceptors (Lipinski definition) is 5. The highest BCUT2D eigenvalue weighted by Crippen LogP contribution is 2.34. The third kappa shape index (κ3) is 4.75. The van der Waals surface area contributed by atoms with Crippen molar-refractivity contribution in [3.63, 3.8) is 0 Å². The zero-order chi connectivity index (χ0) is 19.8. The molecule has 3 heterocycles. The maximum Gasteiger partial charge on any atom is 0.410 e. The van der Waals surface area contributed by atoms with E-state index in [1.54, 1.807) is 11.1 Å². The smallest absolute Gasteiger partial charge is 0.410 e. The van der Waals surface area contributed by atoms with E-state index in [9.17, 15) is 9.18 Å². The van der Waals surface area contributed by atoms with Gasteiger partial charge in [0, 0.05) is 45.0 Å². The van der Waals surface area contributed by atoms with Gasteiger partial charge in [-0.05, 0) is 40.2 Å². The van der Waals surface area contributed by atoms with Gasteiger partial charge in [-0.25, -0.2) is 14.2 Å². The Bertz CT molecular complexity index is 697. The Labute approximate surface area is 165 Å². The van der Waals surface area contributed by atoms with E-state index in [0.717, 1.165) is 11.5 Å². The van der Waals surface area contributed by atoms with E-state index in [-0.39, 0.29) is 12.1 Å². The summed E-state index contributed by atoms with van der Waals surface area (Å²) in [4.78, 5) is 22.8. The van der Waals surface area contributed by atoms with E-state index in [0.29, 0.717) is 44.2 Å². The lowest BCUT2D eigenvalue weighted by Crippen LogP contribution is -2.55. The molecular weight excluding hydrogens is 371 g/mol. The van der Waals surface area contributed by atoms with Crippen molar-refractivity contribution < 1.29 is 13.9 Å². The molecule has 0 unspecified atom stereocenters. The summed E-state index contributed by atoms with van der Waals surface area (Å²) in [6.07, 6.45) is 1.03. The molecule has 2 saturated heterocycles. The molecule has 27 heavy (non-hydrogen) atoms. The number of ether oxygens (including phenoxy) is 1. The van der Waals surface area contributed by atoms with Crippen LogP contribution in [0.25, 0.3) is 0 Å². The number of pyridine rings is 1. The fourth-order valence-electron chi connectivity index (χ4n) is 3.58. The lowest BCUT2D eigenvalue weighted by atomic mass is 10.1. The molecule has 3 rings (SSSR count). The summed E-state index contributed by atoms with van der Waals surface area (Å²) in [7, 11) is 0. The molecule has 1 aromatic heterocycles. The van der Waals surface area contributed by atoms with Crippen molar-refractivity contribution in [2.75, 3.05) is 42.5 Å². The number of alkyl halides is 1. The molecule has 0 spiro atoms. The molecule has 0 aliphatic carbocycles. The van der Waals surface area contributed by atoms with Gasteiger partial charge in [-0.15, -0.1) is 0 Å². The Kier molecular flexibility index (Phi) is 5.70. The number of aromatic nitrogens is 1. The van der Waals surface area contributed by atoms with Gasteiger partial charge in [0.1, 0.15) is 11.8 Å². The summed E-state index contributed by atoms with van der Waals surface area (Å²) in [6, 6.07) is 1.91. The lowest BCUT2D eigenvalue weighted by molar-refractivity contribution is 0.0218. The highest BCUT2D eigenvalue weighted by atomic mass is 35.5. The predicted molar refractivity (Wildman–Crippen MR) is 106 cm³/mol. The fourth-order valence-corrected chi connectivity index (χ4v) is 3.73. The first-order valence-corrected chi connectivity index (χ1v) is 9.81. The average Bonchev–Trinajstić information content (AvgIpc) is 3.00. The van der Waals surface area contributed by atoms with E-state index in [2.05, 4.69) is 16.8 Å². The number of carbonyl (C=O) groups excluding carboxylic acids is 1. The Morgan fingerprint density at radius 1 is 1.30 bits per heavy atom. The number of nitrogens with zero attached hydrogens (tertiary/aromatic N) is 4. The number of rotatable bonds is 2. The monoisotopic (exact) mass is 398 g/mol. The minimum Gasteiger partial charge on any atom is -0.444 e. The molecule has 0 radical (unpaired) electrons. The van der Waals surface area contributed by atoms with Gasteiger partial charge in [0.15, 0.2) is 5.82 Å². The van der Waals surface area contributed by atoms with Crippen LogP contribution in [0.5, 0.6) is 0 Å². The Balaban J connectivity index is 1.75.